The van der Waals surface area contributed by atoms with Gasteiger partial charge in [0, 0.05) is 11.3 Å². The van der Waals surface area contributed by atoms with Crippen molar-refractivity contribution in [1.29, 1.82) is 0 Å². The standard InChI is InChI=1S/C21H27NO3/c1-5-7-12-25-19-11-9-17(14-20(19)24-6-2)21(23)22-18-10-8-15(3)16(4)13-18/h8-11,13-14H,5-7,12H2,1-4H3,(H,22,23). The third kappa shape index (κ3) is 5.24. The molecule has 2 rings (SSSR count). The van der Waals surface area contributed by atoms with E-state index in [-0.39, 0.29) is 5.91 Å². The first-order valence-electron chi connectivity index (χ1n) is 8.83. The molecule has 0 spiro atoms. The Morgan fingerprint density at radius 1 is 0.960 bits per heavy atom. The molecule has 0 aliphatic rings. The van der Waals surface area contributed by atoms with Gasteiger partial charge in [0.25, 0.3) is 5.91 Å². The van der Waals surface area contributed by atoms with Crippen molar-refractivity contribution in [3.8, 4) is 11.5 Å². The Morgan fingerprint density at radius 2 is 1.76 bits per heavy atom. The number of amides is 1. The van der Waals surface area contributed by atoms with Gasteiger partial charge < -0.3 is 14.8 Å². The number of unbranched alkanes of at least 4 members (excludes halogenated alkanes) is 1. The molecule has 0 aliphatic heterocycles. The van der Waals surface area contributed by atoms with E-state index < -0.39 is 0 Å². The summed E-state index contributed by atoms with van der Waals surface area (Å²) in [5, 5.41) is 2.93. The topological polar surface area (TPSA) is 47.6 Å². The van der Waals surface area contributed by atoms with E-state index in [1.54, 1.807) is 18.2 Å². The SMILES string of the molecule is CCCCOc1ccc(C(=O)Nc2ccc(C)c(C)c2)cc1OCC. The molecule has 134 valence electrons. The van der Waals surface area contributed by atoms with Crippen LogP contribution in [0.2, 0.25) is 0 Å². The Morgan fingerprint density at radius 3 is 2.44 bits per heavy atom. The fourth-order valence-electron chi connectivity index (χ4n) is 2.39. The first kappa shape index (κ1) is 18.8. The van der Waals surface area contributed by atoms with Gasteiger partial charge in [-0.15, -0.1) is 0 Å². The van der Waals surface area contributed by atoms with Crippen LogP contribution in [0.1, 0.15) is 48.2 Å². The van der Waals surface area contributed by atoms with Gasteiger partial charge in [0.05, 0.1) is 13.2 Å². The van der Waals surface area contributed by atoms with Crippen LogP contribution in [0.15, 0.2) is 36.4 Å². The van der Waals surface area contributed by atoms with E-state index in [0.717, 1.165) is 24.1 Å². The lowest BCUT2D eigenvalue weighted by molar-refractivity contribution is 0.102. The molecular weight excluding hydrogens is 314 g/mol. The predicted octanol–water partition coefficient (Wildman–Crippen LogP) is 5.13. The van der Waals surface area contributed by atoms with Crippen LogP contribution in [0.3, 0.4) is 0 Å². The summed E-state index contributed by atoms with van der Waals surface area (Å²) in [5.41, 5.74) is 3.68. The highest BCUT2D eigenvalue weighted by atomic mass is 16.5. The lowest BCUT2D eigenvalue weighted by atomic mass is 10.1. The number of aryl methyl sites for hydroxylation is 2. The maximum atomic E-state index is 12.5. The van der Waals surface area contributed by atoms with E-state index in [0.29, 0.717) is 30.3 Å². The third-order valence-corrected chi connectivity index (χ3v) is 4.03. The van der Waals surface area contributed by atoms with Crippen LogP contribution in [0.25, 0.3) is 0 Å². The molecule has 0 unspecified atom stereocenters. The molecule has 1 amide bonds. The van der Waals surface area contributed by atoms with Crippen molar-refractivity contribution >= 4 is 11.6 Å². The highest BCUT2D eigenvalue weighted by Crippen LogP contribution is 2.29. The molecular formula is C21H27NO3. The largest absolute Gasteiger partial charge is 0.490 e. The predicted molar refractivity (Wildman–Crippen MR) is 102 cm³/mol. The van der Waals surface area contributed by atoms with Crippen molar-refractivity contribution in [1.82, 2.24) is 0 Å². The highest BCUT2D eigenvalue weighted by molar-refractivity contribution is 6.04. The number of hydrogen-bond acceptors (Lipinski definition) is 3. The van der Waals surface area contributed by atoms with Crippen molar-refractivity contribution in [2.45, 2.75) is 40.5 Å². The molecule has 2 aromatic rings. The number of nitrogens with one attached hydrogen (secondary N) is 1. The van der Waals surface area contributed by atoms with Gasteiger partial charge in [-0.25, -0.2) is 0 Å². The lowest BCUT2D eigenvalue weighted by Gasteiger charge is -2.13. The Kier molecular flexibility index (Phi) is 6.87. The number of hydrogen-bond donors (Lipinski definition) is 1. The molecule has 1 N–H and O–H groups in total. The first-order chi connectivity index (χ1) is 12.0. The smallest absolute Gasteiger partial charge is 0.255 e. The van der Waals surface area contributed by atoms with Gasteiger partial charge in [-0.1, -0.05) is 19.4 Å². The summed E-state index contributed by atoms with van der Waals surface area (Å²) in [7, 11) is 0. The third-order valence-electron chi connectivity index (χ3n) is 4.03. The number of ether oxygens (including phenoxy) is 2. The molecule has 0 fully saturated rings. The number of anilines is 1. The minimum atomic E-state index is -0.163. The molecule has 4 nitrogen and oxygen atoms in total. The van der Waals surface area contributed by atoms with Crippen LogP contribution >= 0.6 is 0 Å². The normalized spacial score (nSPS) is 10.4. The van der Waals surface area contributed by atoms with Crippen LogP contribution in [-0.4, -0.2) is 19.1 Å². The Balaban J connectivity index is 2.15. The summed E-state index contributed by atoms with van der Waals surface area (Å²) in [6.07, 6.45) is 2.06. The fourth-order valence-corrected chi connectivity index (χ4v) is 2.39. The first-order valence-corrected chi connectivity index (χ1v) is 8.83. The zero-order valence-electron chi connectivity index (χ0n) is 15.5. The second-order valence-electron chi connectivity index (χ2n) is 6.05. The van der Waals surface area contributed by atoms with E-state index in [1.807, 2.05) is 39.0 Å². The van der Waals surface area contributed by atoms with Crippen LogP contribution in [0, 0.1) is 13.8 Å². The van der Waals surface area contributed by atoms with Crippen molar-refractivity contribution < 1.29 is 14.3 Å². The van der Waals surface area contributed by atoms with Crippen molar-refractivity contribution in [3.05, 3.63) is 53.1 Å². The number of rotatable bonds is 8. The second-order valence-corrected chi connectivity index (χ2v) is 6.05. The molecule has 0 aromatic heterocycles. The minimum absolute atomic E-state index is 0.163. The fraction of sp³-hybridized carbons (Fsp3) is 0.381. The maximum absolute atomic E-state index is 12.5. The molecule has 25 heavy (non-hydrogen) atoms. The number of benzene rings is 2. The van der Waals surface area contributed by atoms with Gasteiger partial charge in [-0.3, -0.25) is 4.79 Å². The lowest BCUT2D eigenvalue weighted by Crippen LogP contribution is -2.12. The van der Waals surface area contributed by atoms with Crippen LogP contribution in [0.5, 0.6) is 11.5 Å². The summed E-state index contributed by atoms with van der Waals surface area (Å²) in [4.78, 5) is 12.5. The highest BCUT2D eigenvalue weighted by Gasteiger charge is 2.12. The Bertz CT molecular complexity index is 725. The monoisotopic (exact) mass is 341 g/mol. The van der Waals surface area contributed by atoms with E-state index in [4.69, 9.17) is 9.47 Å². The van der Waals surface area contributed by atoms with Crippen LogP contribution < -0.4 is 14.8 Å². The summed E-state index contributed by atoms with van der Waals surface area (Å²) in [6.45, 7) is 9.27. The molecule has 4 heteroatoms. The van der Waals surface area contributed by atoms with E-state index in [9.17, 15) is 4.79 Å². The van der Waals surface area contributed by atoms with E-state index in [1.165, 1.54) is 5.56 Å². The van der Waals surface area contributed by atoms with Crippen molar-refractivity contribution in [2.75, 3.05) is 18.5 Å². The average molecular weight is 341 g/mol. The van der Waals surface area contributed by atoms with Crippen LogP contribution in [-0.2, 0) is 0 Å². The minimum Gasteiger partial charge on any atom is -0.490 e. The van der Waals surface area contributed by atoms with E-state index >= 15 is 0 Å². The second kappa shape index (κ2) is 9.11. The molecule has 0 aliphatic carbocycles. The van der Waals surface area contributed by atoms with Gasteiger partial charge >= 0.3 is 0 Å². The molecule has 0 heterocycles. The van der Waals surface area contributed by atoms with Gasteiger partial charge in [0.2, 0.25) is 0 Å². The quantitative estimate of drug-likeness (QED) is 0.677. The molecule has 2 aromatic carbocycles. The molecule has 0 radical (unpaired) electrons. The van der Waals surface area contributed by atoms with Gasteiger partial charge in [-0.2, -0.15) is 0 Å². The van der Waals surface area contributed by atoms with Crippen molar-refractivity contribution in [2.24, 2.45) is 0 Å². The average Bonchev–Trinajstić information content (AvgIpc) is 2.60. The molecule has 0 bridgehead atoms. The number of carbonyl (C=O) groups excluding carboxylic acids is 1. The van der Waals surface area contributed by atoms with Gasteiger partial charge in [0.15, 0.2) is 11.5 Å². The Hall–Kier alpha value is -2.49. The van der Waals surface area contributed by atoms with Crippen LogP contribution in [0.4, 0.5) is 5.69 Å². The summed E-state index contributed by atoms with van der Waals surface area (Å²) < 4.78 is 11.4. The van der Waals surface area contributed by atoms with Gasteiger partial charge in [0.1, 0.15) is 0 Å². The molecule has 0 saturated heterocycles. The van der Waals surface area contributed by atoms with Crippen molar-refractivity contribution in [3.63, 3.8) is 0 Å². The maximum Gasteiger partial charge on any atom is 0.255 e. The Labute approximate surface area is 150 Å². The molecule has 0 atom stereocenters. The summed E-state index contributed by atoms with van der Waals surface area (Å²) >= 11 is 0. The van der Waals surface area contributed by atoms with E-state index in [2.05, 4.69) is 12.2 Å². The number of carbonyl (C=O) groups is 1. The van der Waals surface area contributed by atoms with Gasteiger partial charge in [-0.05, 0) is 68.7 Å². The zero-order chi connectivity index (χ0) is 18.2. The zero-order valence-corrected chi connectivity index (χ0v) is 15.5. The summed E-state index contributed by atoms with van der Waals surface area (Å²) in [6, 6.07) is 11.2. The summed E-state index contributed by atoms with van der Waals surface area (Å²) in [5.74, 6) is 1.12. The molecule has 0 saturated carbocycles.